The van der Waals surface area contributed by atoms with E-state index in [0.29, 0.717) is 5.56 Å². The van der Waals surface area contributed by atoms with Gasteiger partial charge < -0.3 is 4.90 Å². The summed E-state index contributed by atoms with van der Waals surface area (Å²) >= 11 is 3.42. The maximum Gasteiger partial charge on any atom is 0.257 e. The number of carbonyl (C=O) groups is 1. The molecule has 130 valence electrons. The van der Waals surface area contributed by atoms with Crippen LogP contribution in [-0.4, -0.2) is 55.4 Å². The summed E-state index contributed by atoms with van der Waals surface area (Å²) in [6.45, 7) is 2.26. The Hall–Kier alpha value is -1.71. The molecule has 0 radical (unpaired) electrons. The summed E-state index contributed by atoms with van der Waals surface area (Å²) in [6.07, 6.45) is 2.61. The first-order valence-electron chi connectivity index (χ1n) is 7.19. The maximum atomic E-state index is 12.5. The number of amides is 1. The quantitative estimate of drug-likeness (QED) is 0.776. The van der Waals surface area contributed by atoms with Crippen LogP contribution in [0, 0.1) is 6.92 Å². The summed E-state index contributed by atoms with van der Waals surface area (Å²) in [5.74, 6) is -0.205. The third-order valence-corrected chi connectivity index (χ3v) is 4.67. The molecule has 1 heterocycles. The summed E-state index contributed by atoms with van der Waals surface area (Å²) in [7, 11) is -1.64. The van der Waals surface area contributed by atoms with Crippen LogP contribution in [0.25, 0.3) is 5.69 Å². The van der Waals surface area contributed by atoms with Gasteiger partial charge in [0, 0.05) is 24.6 Å². The molecule has 0 unspecified atom stereocenters. The molecule has 0 bridgehead atoms. The lowest BCUT2D eigenvalue weighted by Crippen LogP contribution is -2.35. The van der Waals surface area contributed by atoms with Crippen molar-refractivity contribution in [2.45, 2.75) is 6.92 Å². The number of hydrogen-bond acceptors (Lipinski definition) is 4. The Morgan fingerprint density at radius 3 is 2.75 bits per heavy atom. The highest BCUT2D eigenvalue weighted by Gasteiger charge is 2.18. The largest absolute Gasteiger partial charge is 0.340 e. The van der Waals surface area contributed by atoms with Crippen LogP contribution >= 0.6 is 15.9 Å². The molecule has 2 rings (SSSR count). The van der Waals surface area contributed by atoms with Gasteiger partial charge in [0.1, 0.15) is 0 Å². The number of rotatable bonds is 6. The average Bonchev–Trinajstić information content (AvgIpc) is 2.86. The molecule has 1 aromatic heterocycles. The molecule has 0 spiro atoms. The zero-order valence-electron chi connectivity index (χ0n) is 13.7. The van der Waals surface area contributed by atoms with E-state index in [2.05, 4.69) is 25.8 Å². The zero-order chi connectivity index (χ0) is 17.9. The number of carbonyl (C=O) groups excluding carboxylic acids is 1. The molecule has 1 aromatic carbocycles. The fourth-order valence-electron chi connectivity index (χ4n) is 2.19. The van der Waals surface area contributed by atoms with Gasteiger partial charge in [0.2, 0.25) is 10.0 Å². The molecule has 0 fully saturated rings. The van der Waals surface area contributed by atoms with Gasteiger partial charge in [0.15, 0.2) is 0 Å². The molecule has 0 atom stereocenters. The monoisotopic (exact) mass is 414 g/mol. The van der Waals surface area contributed by atoms with E-state index in [9.17, 15) is 13.2 Å². The Kier molecular flexibility index (Phi) is 5.79. The molecule has 0 aliphatic heterocycles. The molecular weight excluding hydrogens is 396 g/mol. The van der Waals surface area contributed by atoms with Gasteiger partial charge in [-0.1, -0.05) is 22.0 Å². The zero-order valence-corrected chi connectivity index (χ0v) is 16.1. The lowest BCUT2D eigenvalue weighted by atomic mass is 10.2. The number of hydrogen-bond donors (Lipinski definition) is 1. The topological polar surface area (TPSA) is 84.3 Å². The molecule has 0 saturated carbocycles. The van der Waals surface area contributed by atoms with E-state index >= 15 is 0 Å². The van der Waals surface area contributed by atoms with Crippen LogP contribution in [-0.2, 0) is 10.0 Å². The summed E-state index contributed by atoms with van der Waals surface area (Å²) in [5.41, 5.74) is 2.06. The van der Waals surface area contributed by atoms with Gasteiger partial charge in [-0.05, 0) is 25.1 Å². The lowest BCUT2D eigenvalue weighted by Gasteiger charge is -2.17. The number of benzene rings is 1. The second-order valence-corrected chi connectivity index (χ2v) is 8.18. The van der Waals surface area contributed by atoms with Crippen LogP contribution in [0.15, 0.2) is 34.9 Å². The Morgan fingerprint density at radius 1 is 1.42 bits per heavy atom. The summed E-state index contributed by atoms with van der Waals surface area (Å²) in [4.78, 5) is 14.0. The second-order valence-electron chi connectivity index (χ2n) is 5.43. The van der Waals surface area contributed by atoms with E-state index < -0.39 is 10.0 Å². The van der Waals surface area contributed by atoms with Crippen molar-refractivity contribution in [3.05, 3.63) is 46.2 Å². The van der Waals surface area contributed by atoms with Gasteiger partial charge in [0.25, 0.3) is 5.91 Å². The standard InChI is InChI=1S/C15H19BrN4O3S/c1-11-14(15(21)19(2)8-7-18-24(3,22)23)10-17-20(11)13-6-4-5-12(16)9-13/h4-6,9-10,18H,7-8H2,1-3H3. The molecule has 0 saturated heterocycles. The van der Waals surface area contributed by atoms with Crippen LogP contribution in [0.3, 0.4) is 0 Å². The third-order valence-electron chi connectivity index (χ3n) is 3.45. The Morgan fingerprint density at radius 2 is 2.12 bits per heavy atom. The van der Waals surface area contributed by atoms with Crippen molar-refractivity contribution >= 4 is 31.9 Å². The first-order chi connectivity index (χ1) is 11.2. The smallest absolute Gasteiger partial charge is 0.257 e. The number of aromatic nitrogens is 2. The molecule has 0 aliphatic rings. The van der Waals surface area contributed by atoms with Crippen molar-refractivity contribution in [1.82, 2.24) is 19.4 Å². The van der Waals surface area contributed by atoms with E-state index in [1.807, 2.05) is 31.2 Å². The minimum atomic E-state index is -3.26. The molecule has 1 amide bonds. The minimum absolute atomic E-state index is 0.167. The average molecular weight is 415 g/mol. The van der Waals surface area contributed by atoms with Crippen LogP contribution in [0.2, 0.25) is 0 Å². The Bertz CT molecular complexity index is 848. The predicted molar refractivity (Wildman–Crippen MR) is 95.8 cm³/mol. The van der Waals surface area contributed by atoms with Crippen molar-refractivity contribution in [3.63, 3.8) is 0 Å². The van der Waals surface area contributed by atoms with E-state index in [0.717, 1.165) is 22.1 Å². The first-order valence-corrected chi connectivity index (χ1v) is 9.88. The number of sulfonamides is 1. The molecule has 0 aliphatic carbocycles. The van der Waals surface area contributed by atoms with Gasteiger partial charge >= 0.3 is 0 Å². The number of nitrogens with one attached hydrogen (secondary N) is 1. The molecule has 2 aromatic rings. The maximum absolute atomic E-state index is 12.5. The summed E-state index contributed by atoms with van der Waals surface area (Å²) in [6, 6.07) is 7.62. The van der Waals surface area contributed by atoms with Gasteiger partial charge in [-0.25, -0.2) is 17.8 Å². The fraction of sp³-hybridized carbons (Fsp3) is 0.333. The van der Waals surface area contributed by atoms with E-state index in [1.165, 1.54) is 11.1 Å². The lowest BCUT2D eigenvalue weighted by molar-refractivity contribution is 0.0797. The SMILES string of the molecule is Cc1c(C(=O)N(C)CCNS(C)(=O)=O)cnn1-c1cccc(Br)c1. The van der Waals surface area contributed by atoms with Crippen LogP contribution in [0.1, 0.15) is 16.1 Å². The van der Waals surface area contributed by atoms with Gasteiger partial charge in [0.05, 0.1) is 29.4 Å². The molecular formula is C15H19BrN4O3S. The van der Waals surface area contributed by atoms with E-state index in [1.54, 1.807) is 11.7 Å². The van der Waals surface area contributed by atoms with E-state index in [-0.39, 0.29) is 19.0 Å². The highest BCUT2D eigenvalue weighted by molar-refractivity contribution is 9.10. The molecule has 7 nitrogen and oxygen atoms in total. The van der Waals surface area contributed by atoms with E-state index in [4.69, 9.17) is 0 Å². The number of likely N-dealkylation sites (N-methyl/N-ethyl adjacent to an activating group) is 1. The van der Waals surface area contributed by atoms with Gasteiger partial charge in [-0.2, -0.15) is 5.10 Å². The number of halogens is 1. The Balaban J connectivity index is 2.13. The highest BCUT2D eigenvalue weighted by Crippen LogP contribution is 2.19. The normalized spacial score (nSPS) is 11.5. The third kappa shape index (κ3) is 4.65. The van der Waals surface area contributed by atoms with Crippen LogP contribution in [0.5, 0.6) is 0 Å². The van der Waals surface area contributed by atoms with Crippen molar-refractivity contribution in [2.24, 2.45) is 0 Å². The predicted octanol–water partition coefficient (Wildman–Crippen LogP) is 1.56. The summed E-state index contributed by atoms with van der Waals surface area (Å²) < 4.78 is 27.1. The van der Waals surface area contributed by atoms with Gasteiger partial charge in [-0.15, -0.1) is 0 Å². The Labute approximate surface area is 149 Å². The van der Waals surface area contributed by atoms with Crippen molar-refractivity contribution in [2.75, 3.05) is 26.4 Å². The van der Waals surface area contributed by atoms with Crippen LogP contribution < -0.4 is 4.72 Å². The summed E-state index contributed by atoms with van der Waals surface area (Å²) in [5, 5.41) is 4.29. The van der Waals surface area contributed by atoms with Crippen molar-refractivity contribution < 1.29 is 13.2 Å². The number of nitrogens with zero attached hydrogens (tertiary/aromatic N) is 3. The first kappa shape index (κ1) is 18.6. The molecule has 9 heteroatoms. The van der Waals surface area contributed by atoms with Crippen LogP contribution in [0.4, 0.5) is 0 Å². The molecule has 1 N–H and O–H groups in total. The second kappa shape index (κ2) is 7.45. The fourth-order valence-corrected chi connectivity index (χ4v) is 3.04. The minimum Gasteiger partial charge on any atom is -0.340 e. The highest BCUT2D eigenvalue weighted by atomic mass is 79.9. The van der Waals surface area contributed by atoms with Crippen molar-refractivity contribution in [3.8, 4) is 5.69 Å². The van der Waals surface area contributed by atoms with Crippen molar-refractivity contribution in [1.29, 1.82) is 0 Å². The molecule has 24 heavy (non-hydrogen) atoms. The van der Waals surface area contributed by atoms with Gasteiger partial charge in [-0.3, -0.25) is 4.79 Å².